The third kappa shape index (κ3) is 3.03. The first-order valence-electron chi connectivity index (χ1n) is 8.71. The maximum Gasteiger partial charge on any atom is 0.247 e. The van der Waals surface area contributed by atoms with Crippen molar-refractivity contribution in [1.82, 2.24) is 9.47 Å². The predicted molar refractivity (Wildman–Crippen MR) is 95.8 cm³/mol. The zero-order valence-corrected chi connectivity index (χ0v) is 14.6. The van der Waals surface area contributed by atoms with E-state index in [1.165, 1.54) is 0 Å². The fourth-order valence-electron chi connectivity index (χ4n) is 3.40. The number of amides is 2. The molecular weight excluding hydrogens is 302 g/mol. The minimum atomic E-state index is -0.353. The number of fused-ring (bicyclic) bond motifs is 1. The van der Waals surface area contributed by atoms with Crippen molar-refractivity contribution in [2.75, 3.05) is 11.9 Å². The smallest absolute Gasteiger partial charge is 0.247 e. The highest BCUT2D eigenvalue weighted by Crippen LogP contribution is 2.24. The van der Waals surface area contributed by atoms with Gasteiger partial charge in [0.05, 0.1) is 5.52 Å². The molecule has 1 aromatic carbocycles. The summed E-state index contributed by atoms with van der Waals surface area (Å²) in [6.07, 6.45) is 3.67. The van der Waals surface area contributed by atoms with E-state index in [4.69, 9.17) is 0 Å². The number of likely N-dealkylation sites (tertiary alicyclic amines) is 1. The average molecular weight is 327 g/mol. The fourth-order valence-corrected chi connectivity index (χ4v) is 3.40. The van der Waals surface area contributed by atoms with Crippen LogP contribution in [0, 0.1) is 5.92 Å². The van der Waals surface area contributed by atoms with Crippen molar-refractivity contribution in [3.63, 3.8) is 0 Å². The van der Waals surface area contributed by atoms with Crippen molar-refractivity contribution in [2.24, 2.45) is 5.92 Å². The number of aromatic nitrogens is 1. The molecule has 1 aliphatic rings. The van der Waals surface area contributed by atoms with Gasteiger partial charge >= 0.3 is 0 Å². The van der Waals surface area contributed by atoms with Crippen molar-refractivity contribution in [3.8, 4) is 0 Å². The summed E-state index contributed by atoms with van der Waals surface area (Å²) in [4.78, 5) is 26.7. The van der Waals surface area contributed by atoms with Crippen LogP contribution in [0.2, 0.25) is 0 Å². The van der Waals surface area contributed by atoms with Crippen LogP contribution < -0.4 is 5.32 Å². The molecule has 1 atom stereocenters. The molecule has 1 N–H and O–H groups in total. The van der Waals surface area contributed by atoms with Crippen LogP contribution in [0.25, 0.3) is 10.9 Å². The molecule has 0 spiro atoms. The van der Waals surface area contributed by atoms with E-state index in [-0.39, 0.29) is 23.8 Å². The maximum absolute atomic E-state index is 12.7. The molecule has 0 saturated carbocycles. The molecule has 5 nitrogen and oxygen atoms in total. The van der Waals surface area contributed by atoms with Crippen molar-refractivity contribution >= 4 is 28.4 Å². The Morgan fingerprint density at radius 2 is 2.08 bits per heavy atom. The Balaban J connectivity index is 1.77. The highest BCUT2D eigenvalue weighted by Gasteiger charge is 2.34. The summed E-state index contributed by atoms with van der Waals surface area (Å²) in [6.45, 7) is 7.41. The van der Waals surface area contributed by atoms with Gasteiger partial charge < -0.3 is 14.8 Å². The van der Waals surface area contributed by atoms with Crippen LogP contribution in [0.5, 0.6) is 0 Å². The van der Waals surface area contributed by atoms with Gasteiger partial charge in [-0.1, -0.05) is 19.9 Å². The normalized spacial score (nSPS) is 17.7. The number of aryl methyl sites for hydroxylation is 1. The number of hydrogen-bond acceptors (Lipinski definition) is 2. The quantitative estimate of drug-likeness (QED) is 0.937. The molecule has 2 amide bonds. The van der Waals surface area contributed by atoms with E-state index < -0.39 is 0 Å². The summed E-state index contributed by atoms with van der Waals surface area (Å²) < 4.78 is 2.15. The van der Waals surface area contributed by atoms with Gasteiger partial charge in [-0.2, -0.15) is 0 Å². The minimum Gasteiger partial charge on any atom is -0.348 e. The number of benzene rings is 1. The van der Waals surface area contributed by atoms with Crippen molar-refractivity contribution in [3.05, 3.63) is 30.5 Å². The summed E-state index contributed by atoms with van der Waals surface area (Å²) >= 11 is 0. The highest BCUT2D eigenvalue weighted by atomic mass is 16.2. The van der Waals surface area contributed by atoms with Gasteiger partial charge in [0, 0.05) is 30.9 Å². The Bertz CT molecular complexity index is 763. The van der Waals surface area contributed by atoms with Gasteiger partial charge in [-0.3, -0.25) is 9.59 Å². The van der Waals surface area contributed by atoms with Crippen LogP contribution in [-0.2, 0) is 16.1 Å². The van der Waals surface area contributed by atoms with Gasteiger partial charge in [0.1, 0.15) is 6.04 Å². The molecule has 0 bridgehead atoms. The predicted octanol–water partition coefficient (Wildman–Crippen LogP) is 3.25. The molecule has 3 rings (SSSR count). The van der Waals surface area contributed by atoms with Crippen molar-refractivity contribution in [2.45, 2.75) is 46.2 Å². The van der Waals surface area contributed by atoms with E-state index in [0.29, 0.717) is 6.54 Å². The minimum absolute atomic E-state index is 0.0583. The number of anilines is 1. The first-order valence-corrected chi connectivity index (χ1v) is 8.71. The van der Waals surface area contributed by atoms with Crippen LogP contribution in [0.3, 0.4) is 0 Å². The molecule has 1 aromatic heterocycles. The second-order valence-corrected chi connectivity index (χ2v) is 6.71. The van der Waals surface area contributed by atoms with Gasteiger partial charge in [0.15, 0.2) is 0 Å². The van der Waals surface area contributed by atoms with Crippen molar-refractivity contribution in [1.29, 1.82) is 0 Å². The van der Waals surface area contributed by atoms with E-state index >= 15 is 0 Å². The molecule has 2 aromatic rings. The van der Waals surface area contributed by atoms with Crippen LogP contribution in [0.4, 0.5) is 5.69 Å². The van der Waals surface area contributed by atoms with Gasteiger partial charge in [0.25, 0.3) is 0 Å². The van der Waals surface area contributed by atoms with Gasteiger partial charge in [-0.25, -0.2) is 0 Å². The number of nitrogens with zero attached hydrogens (tertiary/aromatic N) is 2. The highest BCUT2D eigenvalue weighted by molar-refractivity contribution is 5.99. The van der Waals surface area contributed by atoms with Crippen LogP contribution in [-0.4, -0.2) is 33.9 Å². The Kier molecular flexibility index (Phi) is 4.60. The Morgan fingerprint density at radius 1 is 1.29 bits per heavy atom. The number of carbonyl (C=O) groups is 2. The summed E-state index contributed by atoms with van der Waals surface area (Å²) in [6, 6.07) is 7.66. The van der Waals surface area contributed by atoms with E-state index in [2.05, 4.69) is 29.1 Å². The zero-order chi connectivity index (χ0) is 17.3. The lowest BCUT2D eigenvalue weighted by atomic mass is 10.1. The molecule has 1 unspecified atom stereocenters. The standard InChI is InChI=1S/C19H25N3O2/c1-4-21-11-9-14-7-8-15(12-17(14)21)20-18(23)16-6-5-10-22(16)19(24)13(2)3/h7-9,11-13,16H,4-6,10H2,1-3H3,(H,20,23). The van der Waals surface area contributed by atoms with Crippen LogP contribution in [0.1, 0.15) is 33.6 Å². The first kappa shape index (κ1) is 16.6. The molecule has 0 radical (unpaired) electrons. The van der Waals surface area contributed by atoms with Crippen LogP contribution >= 0.6 is 0 Å². The van der Waals surface area contributed by atoms with Crippen LogP contribution in [0.15, 0.2) is 30.5 Å². The summed E-state index contributed by atoms with van der Waals surface area (Å²) in [5, 5.41) is 4.15. The molecular formula is C19H25N3O2. The molecule has 1 fully saturated rings. The topological polar surface area (TPSA) is 54.3 Å². The van der Waals surface area contributed by atoms with E-state index in [0.717, 1.165) is 36.0 Å². The van der Waals surface area contributed by atoms with E-state index in [9.17, 15) is 9.59 Å². The second-order valence-electron chi connectivity index (χ2n) is 6.71. The van der Waals surface area contributed by atoms with Crippen molar-refractivity contribution < 1.29 is 9.59 Å². The van der Waals surface area contributed by atoms with Gasteiger partial charge in [-0.15, -0.1) is 0 Å². The Hall–Kier alpha value is -2.30. The Morgan fingerprint density at radius 3 is 2.79 bits per heavy atom. The molecule has 24 heavy (non-hydrogen) atoms. The number of carbonyl (C=O) groups excluding carboxylic acids is 2. The molecule has 1 aliphatic heterocycles. The lowest BCUT2D eigenvalue weighted by molar-refractivity contribution is -0.139. The molecule has 5 heteroatoms. The maximum atomic E-state index is 12.7. The third-order valence-corrected chi connectivity index (χ3v) is 4.71. The van der Waals surface area contributed by atoms with Gasteiger partial charge in [-0.05, 0) is 43.4 Å². The third-order valence-electron chi connectivity index (χ3n) is 4.71. The lowest BCUT2D eigenvalue weighted by Crippen LogP contribution is -2.44. The molecule has 0 aliphatic carbocycles. The first-order chi connectivity index (χ1) is 11.5. The van der Waals surface area contributed by atoms with E-state index in [1.807, 2.05) is 32.0 Å². The summed E-state index contributed by atoms with van der Waals surface area (Å²) in [5.74, 6) is -0.110. The van der Waals surface area contributed by atoms with Gasteiger partial charge in [0.2, 0.25) is 11.8 Å². The molecule has 1 saturated heterocycles. The lowest BCUT2D eigenvalue weighted by Gasteiger charge is -2.25. The largest absolute Gasteiger partial charge is 0.348 e. The Labute approximate surface area is 142 Å². The fraction of sp³-hybridized carbons (Fsp3) is 0.474. The SMILES string of the molecule is CCn1ccc2ccc(NC(=O)C3CCCN3C(=O)C(C)C)cc21. The number of hydrogen-bond donors (Lipinski definition) is 1. The average Bonchev–Trinajstić information content (AvgIpc) is 3.20. The van der Waals surface area contributed by atoms with E-state index in [1.54, 1.807) is 4.90 Å². The summed E-state index contributed by atoms with van der Waals surface area (Å²) in [7, 11) is 0. The number of nitrogens with one attached hydrogen (secondary N) is 1. The number of rotatable bonds is 4. The monoisotopic (exact) mass is 327 g/mol. The molecule has 128 valence electrons. The summed E-state index contributed by atoms with van der Waals surface area (Å²) in [5.41, 5.74) is 1.89. The zero-order valence-electron chi connectivity index (χ0n) is 14.6. The molecule has 2 heterocycles. The second kappa shape index (κ2) is 6.67.